The van der Waals surface area contributed by atoms with E-state index in [-0.39, 0.29) is 11.3 Å². The molecule has 3 heteroatoms. The van der Waals surface area contributed by atoms with Crippen molar-refractivity contribution >= 4 is 10.8 Å². The average molecular weight is 265 g/mol. The van der Waals surface area contributed by atoms with Crippen molar-refractivity contribution in [1.82, 2.24) is 0 Å². The van der Waals surface area contributed by atoms with Gasteiger partial charge in [-0.3, -0.25) is 4.21 Å². The van der Waals surface area contributed by atoms with E-state index in [1.807, 2.05) is 6.07 Å². The van der Waals surface area contributed by atoms with Crippen molar-refractivity contribution in [2.24, 2.45) is 5.73 Å². The Bertz CT molecular complexity index is 419. The number of benzene rings is 1. The van der Waals surface area contributed by atoms with Crippen LogP contribution in [0.3, 0.4) is 0 Å². The predicted octanol–water partition coefficient (Wildman–Crippen LogP) is 2.90. The Hall–Kier alpha value is -0.670. The zero-order valence-electron chi connectivity index (χ0n) is 11.1. The summed E-state index contributed by atoms with van der Waals surface area (Å²) in [5.41, 5.74) is 8.57. The van der Waals surface area contributed by atoms with Gasteiger partial charge in [0.2, 0.25) is 0 Å². The molecule has 0 radical (unpaired) electrons. The van der Waals surface area contributed by atoms with Gasteiger partial charge in [-0.1, -0.05) is 49.1 Å². The fourth-order valence-electron chi connectivity index (χ4n) is 2.70. The van der Waals surface area contributed by atoms with Crippen LogP contribution in [-0.4, -0.2) is 15.5 Å². The first-order chi connectivity index (χ1) is 8.66. The first kappa shape index (κ1) is 13.8. The van der Waals surface area contributed by atoms with E-state index in [1.54, 1.807) is 0 Å². The maximum Gasteiger partial charge on any atom is 0.0502 e. The topological polar surface area (TPSA) is 43.1 Å². The second-order valence-electron chi connectivity index (χ2n) is 5.35. The molecule has 1 saturated carbocycles. The van der Waals surface area contributed by atoms with E-state index in [1.165, 1.54) is 30.4 Å². The largest absolute Gasteiger partial charge is 0.327 e. The van der Waals surface area contributed by atoms with Gasteiger partial charge in [-0.2, -0.15) is 0 Å². The summed E-state index contributed by atoms with van der Waals surface area (Å²) >= 11 is 0. The molecule has 1 aliphatic carbocycles. The highest BCUT2D eigenvalue weighted by atomic mass is 32.2. The van der Waals surface area contributed by atoms with Gasteiger partial charge in [0.1, 0.15) is 0 Å². The van der Waals surface area contributed by atoms with Crippen molar-refractivity contribution in [2.45, 2.75) is 56.1 Å². The third-order valence-corrected chi connectivity index (χ3v) is 5.61. The molecule has 0 saturated heterocycles. The third kappa shape index (κ3) is 3.66. The summed E-state index contributed by atoms with van der Waals surface area (Å²) in [4.78, 5) is 0. The minimum Gasteiger partial charge on any atom is -0.327 e. The Morgan fingerprint density at radius 1 is 1.28 bits per heavy atom. The quantitative estimate of drug-likeness (QED) is 0.854. The van der Waals surface area contributed by atoms with Gasteiger partial charge < -0.3 is 5.73 Å². The lowest BCUT2D eigenvalue weighted by Gasteiger charge is -2.20. The fraction of sp³-hybridized carbons (Fsp3) is 0.600. The summed E-state index contributed by atoms with van der Waals surface area (Å²) in [6, 6.07) is 8.42. The maximum absolute atomic E-state index is 12.5. The van der Waals surface area contributed by atoms with Crippen LogP contribution in [0.4, 0.5) is 0 Å². The van der Waals surface area contributed by atoms with Crippen LogP contribution in [0.5, 0.6) is 0 Å². The molecule has 1 fully saturated rings. The molecule has 3 unspecified atom stereocenters. The van der Waals surface area contributed by atoms with Crippen molar-refractivity contribution in [2.75, 3.05) is 0 Å². The molecule has 0 heterocycles. The van der Waals surface area contributed by atoms with E-state index in [4.69, 9.17) is 5.73 Å². The van der Waals surface area contributed by atoms with E-state index in [2.05, 4.69) is 25.1 Å². The smallest absolute Gasteiger partial charge is 0.0502 e. The molecule has 100 valence electrons. The van der Waals surface area contributed by atoms with Gasteiger partial charge in [-0.05, 0) is 25.3 Å². The van der Waals surface area contributed by atoms with E-state index in [9.17, 15) is 4.21 Å². The lowest BCUT2D eigenvalue weighted by atomic mass is 10.1. The molecule has 1 aromatic carbocycles. The predicted molar refractivity (Wildman–Crippen MR) is 77.9 cm³/mol. The van der Waals surface area contributed by atoms with E-state index in [0.29, 0.717) is 5.75 Å². The number of hydrogen-bond donors (Lipinski definition) is 1. The van der Waals surface area contributed by atoms with E-state index < -0.39 is 10.8 Å². The molecule has 3 atom stereocenters. The Morgan fingerprint density at radius 2 is 2.06 bits per heavy atom. The van der Waals surface area contributed by atoms with Crippen LogP contribution in [0, 0.1) is 6.92 Å². The summed E-state index contributed by atoms with van der Waals surface area (Å²) in [6.07, 6.45) is 5.67. The normalized spacial score (nSPS) is 26.6. The molecule has 1 aromatic rings. The summed E-state index contributed by atoms with van der Waals surface area (Å²) in [5, 5.41) is 0.188. The molecule has 0 aliphatic heterocycles. The Labute approximate surface area is 112 Å². The monoisotopic (exact) mass is 265 g/mol. The molecule has 0 aromatic heterocycles. The van der Waals surface area contributed by atoms with Gasteiger partial charge in [0.25, 0.3) is 0 Å². The second-order valence-corrected chi connectivity index (χ2v) is 7.01. The molecule has 2 rings (SSSR count). The van der Waals surface area contributed by atoms with Gasteiger partial charge in [-0.15, -0.1) is 0 Å². The van der Waals surface area contributed by atoms with E-state index in [0.717, 1.165) is 12.8 Å². The summed E-state index contributed by atoms with van der Waals surface area (Å²) in [6.45, 7) is 2.07. The molecule has 1 aliphatic rings. The first-order valence-electron chi connectivity index (χ1n) is 6.85. The lowest BCUT2D eigenvalue weighted by Crippen LogP contribution is -2.37. The maximum atomic E-state index is 12.5. The van der Waals surface area contributed by atoms with Crippen molar-refractivity contribution in [3.05, 3.63) is 35.4 Å². The first-order valence-corrected chi connectivity index (χ1v) is 8.23. The molecule has 0 spiro atoms. The van der Waals surface area contributed by atoms with Crippen LogP contribution in [0.15, 0.2) is 24.3 Å². The molecule has 18 heavy (non-hydrogen) atoms. The van der Waals surface area contributed by atoms with Crippen molar-refractivity contribution in [1.29, 1.82) is 0 Å². The zero-order valence-corrected chi connectivity index (χ0v) is 11.9. The van der Waals surface area contributed by atoms with Gasteiger partial charge in [-0.25, -0.2) is 0 Å². The Balaban J connectivity index is 2.02. The second kappa shape index (κ2) is 6.48. The molecule has 2 nitrogen and oxygen atoms in total. The highest BCUT2D eigenvalue weighted by Gasteiger charge is 2.25. The summed E-state index contributed by atoms with van der Waals surface area (Å²) < 4.78 is 12.5. The average Bonchev–Trinajstić information content (AvgIpc) is 2.54. The summed E-state index contributed by atoms with van der Waals surface area (Å²) in [5.74, 6) is 0.653. The van der Waals surface area contributed by atoms with Crippen LogP contribution in [0.1, 0.15) is 43.2 Å². The Morgan fingerprint density at radius 3 is 2.83 bits per heavy atom. The lowest BCUT2D eigenvalue weighted by molar-refractivity contribution is 0.574. The van der Waals surface area contributed by atoms with Crippen LogP contribution < -0.4 is 5.73 Å². The van der Waals surface area contributed by atoms with Gasteiger partial charge in [0.15, 0.2) is 0 Å². The van der Waals surface area contributed by atoms with Gasteiger partial charge in [0, 0.05) is 22.6 Å². The molecule has 0 bridgehead atoms. The molecule has 2 N–H and O–H groups in total. The number of aryl methyl sites for hydroxylation is 1. The van der Waals surface area contributed by atoms with Gasteiger partial charge >= 0.3 is 0 Å². The van der Waals surface area contributed by atoms with E-state index >= 15 is 0 Å². The van der Waals surface area contributed by atoms with Crippen LogP contribution in [0.2, 0.25) is 0 Å². The number of rotatable bonds is 3. The highest BCUT2D eigenvalue weighted by molar-refractivity contribution is 7.84. The minimum absolute atomic E-state index is 0.123. The number of nitrogens with two attached hydrogens (primary N) is 1. The molecule has 0 amide bonds. The Kier molecular flexibility index (Phi) is 4.95. The molecular weight excluding hydrogens is 242 g/mol. The fourth-order valence-corrected chi connectivity index (χ4v) is 4.38. The van der Waals surface area contributed by atoms with Crippen molar-refractivity contribution < 1.29 is 4.21 Å². The third-order valence-electron chi connectivity index (χ3n) is 3.73. The van der Waals surface area contributed by atoms with Gasteiger partial charge in [0.05, 0.1) is 5.25 Å². The number of hydrogen-bond acceptors (Lipinski definition) is 2. The zero-order chi connectivity index (χ0) is 13.0. The van der Waals surface area contributed by atoms with Crippen molar-refractivity contribution in [3.63, 3.8) is 0 Å². The SMILES string of the molecule is Cc1cccc(CS(=O)C2CCCCCC2N)c1. The van der Waals surface area contributed by atoms with Crippen molar-refractivity contribution in [3.8, 4) is 0 Å². The minimum atomic E-state index is -0.832. The van der Waals surface area contributed by atoms with Crippen LogP contribution >= 0.6 is 0 Å². The van der Waals surface area contributed by atoms with Crippen LogP contribution in [-0.2, 0) is 16.6 Å². The standard InChI is InChI=1S/C15H23NOS/c1-12-6-5-7-13(10-12)11-18(17)15-9-4-2-3-8-14(15)16/h5-7,10,14-15H,2-4,8-9,11,16H2,1H3. The highest BCUT2D eigenvalue weighted by Crippen LogP contribution is 2.22. The van der Waals surface area contributed by atoms with Crippen LogP contribution in [0.25, 0.3) is 0 Å². The molecular formula is C15H23NOS. The summed E-state index contributed by atoms with van der Waals surface area (Å²) in [7, 11) is -0.832.